The third kappa shape index (κ3) is 5.08. The van der Waals surface area contributed by atoms with Crippen LogP contribution in [0.4, 0.5) is 0 Å². The summed E-state index contributed by atoms with van der Waals surface area (Å²) in [6, 6.07) is 13.1. The summed E-state index contributed by atoms with van der Waals surface area (Å²) in [6.07, 6.45) is 0.729. The first-order valence-electron chi connectivity index (χ1n) is 9.81. The molecular formula is C23H24N4O4. The molecule has 3 aromatic rings. The molecule has 0 aliphatic carbocycles. The standard InChI is InChI=1S/C23H24N4O4/c1-15-12-19(16(2)27(15)10-11-29-4)13-20(14-24)23(28)30-17(3)21-25-26-22(31-21)18-8-6-5-7-9-18/h5-9,12-13,17H,10-11H2,1-4H3/b20-13+/t17-/m0/s1. The SMILES string of the molecule is COCCn1c(C)cc(/C=C(\C#N)C(=O)O[C@@H](C)c2nnc(-c3ccccc3)o2)c1C. The van der Waals surface area contributed by atoms with Crippen molar-refractivity contribution in [1.29, 1.82) is 5.26 Å². The molecule has 0 aliphatic heterocycles. The number of benzene rings is 1. The lowest BCUT2D eigenvalue weighted by Crippen LogP contribution is -2.11. The third-order valence-corrected chi connectivity index (χ3v) is 4.86. The van der Waals surface area contributed by atoms with Crippen molar-refractivity contribution in [3.63, 3.8) is 0 Å². The van der Waals surface area contributed by atoms with Gasteiger partial charge in [-0.2, -0.15) is 5.26 Å². The van der Waals surface area contributed by atoms with Crippen molar-refractivity contribution in [2.45, 2.75) is 33.4 Å². The summed E-state index contributed by atoms with van der Waals surface area (Å²) in [4.78, 5) is 12.6. The normalized spacial score (nSPS) is 12.4. The molecule has 1 aromatic carbocycles. The van der Waals surface area contributed by atoms with Crippen molar-refractivity contribution in [2.24, 2.45) is 0 Å². The molecule has 0 amide bonds. The second kappa shape index (κ2) is 9.87. The molecule has 0 N–H and O–H groups in total. The van der Waals surface area contributed by atoms with E-state index in [1.165, 1.54) is 6.08 Å². The molecule has 0 radical (unpaired) electrons. The van der Waals surface area contributed by atoms with Crippen molar-refractivity contribution >= 4 is 12.0 Å². The Morgan fingerprint density at radius 2 is 2.03 bits per heavy atom. The Hall–Kier alpha value is -3.70. The number of rotatable bonds is 8. The van der Waals surface area contributed by atoms with E-state index in [1.807, 2.05) is 56.3 Å². The fraction of sp³-hybridized carbons (Fsp3) is 0.304. The van der Waals surface area contributed by atoms with Gasteiger partial charge in [0.15, 0.2) is 6.10 Å². The quantitative estimate of drug-likeness (QED) is 0.308. The maximum atomic E-state index is 12.6. The van der Waals surface area contributed by atoms with Gasteiger partial charge in [-0.1, -0.05) is 18.2 Å². The molecule has 0 aliphatic rings. The zero-order valence-electron chi connectivity index (χ0n) is 18.0. The zero-order chi connectivity index (χ0) is 22.4. The number of ether oxygens (including phenoxy) is 2. The largest absolute Gasteiger partial charge is 0.448 e. The Balaban J connectivity index is 1.74. The van der Waals surface area contributed by atoms with Gasteiger partial charge in [0.1, 0.15) is 11.6 Å². The maximum Gasteiger partial charge on any atom is 0.349 e. The number of carbonyl (C=O) groups is 1. The molecule has 8 heteroatoms. The second-order valence-electron chi connectivity index (χ2n) is 7.00. The lowest BCUT2D eigenvalue weighted by molar-refractivity contribution is -0.144. The van der Waals surface area contributed by atoms with Crippen molar-refractivity contribution < 1.29 is 18.7 Å². The first-order valence-corrected chi connectivity index (χ1v) is 9.81. The molecule has 160 valence electrons. The minimum atomic E-state index is -0.802. The van der Waals surface area contributed by atoms with Gasteiger partial charge in [0, 0.05) is 30.6 Å². The van der Waals surface area contributed by atoms with Crippen LogP contribution in [0.5, 0.6) is 0 Å². The summed E-state index contributed by atoms with van der Waals surface area (Å²) in [5, 5.41) is 17.5. The topological polar surface area (TPSA) is 103 Å². The van der Waals surface area contributed by atoms with Crippen molar-refractivity contribution in [3.8, 4) is 17.5 Å². The van der Waals surface area contributed by atoms with E-state index in [0.29, 0.717) is 19.0 Å². The Morgan fingerprint density at radius 3 is 2.71 bits per heavy atom. The van der Waals surface area contributed by atoms with E-state index in [1.54, 1.807) is 14.0 Å². The first-order chi connectivity index (χ1) is 14.9. The van der Waals surface area contributed by atoms with Gasteiger partial charge in [0.05, 0.1) is 6.61 Å². The number of carbonyl (C=O) groups excluding carboxylic acids is 1. The Labute approximate surface area is 180 Å². The van der Waals surface area contributed by atoms with E-state index in [-0.39, 0.29) is 11.5 Å². The van der Waals surface area contributed by atoms with Crippen LogP contribution in [-0.2, 0) is 20.8 Å². The molecule has 2 heterocycles. The number of aryl methyl sites for hydroxylation is 1. The number of methoxy groups -OCH3 is 1. The summed E-state index contributed by atoms with van der Waals surface area (Å²) in [5.41, 5.74) is 3.38. The molecular weight excluding hydrogens is 396 g/mol. The van der Waals surface area contributed by atoms with E-state index in [2.05, 4.69) is 14.8 Å². The minimum Gasteiger partial charge on any atom is -0.448 e. The number of aromatic nitrogens is 3. The predicted octanol–water partition coefficient (Wildman–Crippen LogP) is 4.01. The molecule has 0 spiro atoms. The van der Waals surface area contributed by atoms with E-state index in [9.17, 15) is 10.1 Å². The zero-order valence-corrected chi connectivity index (χ0v) is 18.0. The van der Waals surface area contributed by atoms with Crippen LogP contribution in [0.15, 0.2) is 46.4 Å². The van der Waals surface area contributed by atoms with Crippen LogP contribution in [-0.4, -0.2) is 34.5 Å². The Morgan fingerprint density at radius 1 is 1.29 bits per heavy atom. The summed E-state index contributed by atoms with van der Waals surface area (Å²) in [7, 11) is 1.64. The lowest BCUT2D eigenvalue weighted by atomic mass is 10.1. The average Bonchev–Trinajstić information content (AvgIpc) is 3.36. The van der Waals surface area contributed by atoms with Crippen molar-refractivity contribution in [2.75, 3.05) is 13.7 Å². The number of nitrogens with zero attached hydrogens (tertiary/aromatic N) is 4. The van der Waals surface area contributed by atoms with Crippen LogP contribution in [0, 0.1) is 25.2 Å². The Kier molecular flexibility index (Phi) is 7.00. The fourth-order valence-electron chi connectivity index (χ4n) is 3.16. The monoisotopic (exact) mass is 420 g/mol. The van der Waals surface area contributed by atoms with Gasteiger partial charge in [-0.05, 0) is 50.6 Å². The summed E-state index contributed by atoms with van der Waals surface area (Å²) < 4.78 is 18.2. The first kappa shape index (κ1) is 22.0. The van der Waals surface area contributed by atoms with Crippen LogP contribution in [0.2, 0.25) is 0 Å². The molecule has 2 aromatic heterocycles. The number of hydrogen-bond acceptors (Lipinski definition) is 7. The molecule has 31 heavy (non-hydrogen) atoms. The second-order valence-corrected chi connectivity index (χ2v) is 7.00. The van der Waals surface area contributed by atoms with E-state index in [0.717, 1.165) is 22.5 Å². The molecule has 0 unspecified atom stereocenters. The van der Waals surface area contributed by atoms with E-state index >= 15 is 0 Å². The van der Waals surface area contributed by atoms with Gasteiger partial charge in [0.25, 0.3) is 5.89 Å². The van der Waals surface area contributed by atoms with Gasteiger partial charge in [-0.3, -0.25) is 0 Å². The predicted molar refractivity (Wildman–Crippen MR) is 114 cm³/mol. The smallest absolute Gasteiger partial charge is 0.349 e. The van der Waals surface area contributed by atoms with Gasteiger partial charge in [-0.25, -0.2) is 4.79 Å². The van der Waals surface area contributed by atoms with Gasteiger partial charge in [0.2, 0.25) is 5.89 Å². The summed E-state index contributed by atoms with van der Waals surface area (Å²) >= 11 is 0. The molecule has 0 bridgehead atoms. The molecule has 8 nitrogen and oxygen atoms in total. The average molecular weight is 420 g/mol. The van der Waals surface area contributed by atoms with Crippen LogP contribution in [0.3, 0.4) is 0 Å². The number of hydrogen-bond donors (Lipinski definition) is 0. The molecule has 0 fully saturated rings. The van der Waals surface area contributed by atoms with Gasteiger partial charge < -0.3 is 18.5 Å². The molecule has 1 atom stereocenters. The highest BCUT2D eigenvalue weighted by molar-refractivity contribution is 5.98. The van der Waals surface area contributed by atoms with Crippen molar-refractivity contribution in [3.05, 3.63) is 64.8 Å². The van der Waals surface area contributed by atoms with Crippen LogP contribution in [0.1, 0.15) is 35.9 Å². The van der Waals surface area contributed by atoms with Gasteiger partial charge in [-0.15, -0.1) is 10.2 Å². The summed E-state index contributed by atoms with van der Waals surface area (Å²) in [6.45, 7) is 6.77. The number of esters is 1. The Bertz CT molecular complexity index is 1120. The molecule has 0 saturated carbocycles. The van der Waals surface area contributed by atoms with Gasteiger partial charge >= 0.3 is 5.97 Å². The van der Waals surface area contributed by atoms with Crippen molar-refractivity contribution in [1.82, 2.24) is 14.8 Å². The van der Waals surface area contributed by atoms with E-state index in [4.69, 9.17) is 13.9 Å². The highest BCUT2D eigenvalue weighted by Crippen LogP contribution is 2.24. The number of nitriles is 1. The molecule has 0 saturated heterocycles. The molecule has 3 rings (SSSR count). The third-order valence-electron chi connectivity index (χ3n) is 4.86. The summed E-state index contributed by atoms with van der Waals surface area (Å²) in [5.74, 6) is -0.267. The van der Waals surface area contributed by atoms with Crippen LogP contribution in [0.25, 0.3) is 17.5 Å². The van der Waals surface area contributed by atoms with Crippen LogP contribution >= 0.6 is 0 Å². The minimum absolute atomic E-state index is 0.110. The highest BCUT2D eigenvalue weighted by Gasteiger charge is 2.22. The van der Waals surface area contributed by atoms with Crippen LogP contribution < -0.4 is 0 Å². The highest BCUT2D eigenvalue weighted by atomic mass is 16.6. The maximum absolute atomic E-state index is 12.6. The lowest BCUT2D eigenvalue weighted by Gasteiger charge is -2.09. The van der Waals surface area contributed by atoms with E-state index < -0.39 is 12.1 Å². The fourth-order valence-corrected chi connectivity index (χ4v) is 3.16.